The van der Waals surface area contributed by atoms with Gasteiger partial charge in [0.15, 0.2) is 0 Å². The van der Waals surface area contributed by atoms with Crippen molar-refractivity contribution in [1.82, 2.24) is 0 Å². The number of hydrogen-bond acceptors (Lipinski definition) is 4. The van der Waals surface area contributed by atoms with Crippen LogP contribution in [0.25, 0.3) is 0 Å². The number of esters is 1. The van der Waals surface area contributed by atoms with Gasteiger partial charge in [0.05, 0.1) is 32.3 Å². The average Bonchev–Trinajstić information content (AvgIpc) is 2.58. The Labute approximate surface area is 196 Å². The van der Waals surface area contributed by atoms with Gasteiger partial charge in [0, 0.05) is 9.14 Å². The number of nitriles is 1. The summed E-state index contributed by atoms with van der Waals surface area (Å²) in [4.78, 5) is 11.7. The molecular formula is C19H22I3NO3. The summed E-state index contributed by atoms with van der Waals surface area (Å²) in [5.74, 6) is 0.450. The third-order valence-corrected chi connectivity index (χ3v) is 5.84. The van der Waals surface area contributed by atoms with Crippen LogP contribution in [0.2, 0.25) is 0 Å². The van der Waals surface area contributed by atoms with Gasteiger partial charge in [-0.05, 0) is 99.2 Å². The maximum atomic E-state index is 11.7. The molecule has 0 aliphatic carbocycles. The number of halogens is 3. The summed E-state index contributed by atoms with van der Waals surface area (Å²) in [5, 5.41) is 8.58. The normalized spacial score (nSPS) is 11.5. The Balaban J connectivity index is 2.59. The molecule has 0 N–H and O–H groups in total. The van der Waals surface area contributed by atoms with E-state index in [-0.39, 0.29) is 18.1 Å². The van der Waals surface area contributed by atoms with Crippen LogP contribution in [0, 0.1) is 22.0 Å². The number of ether oxygens (including phenoxy) is 2. The second-order valence-corrected chi connectivity index (χ2v) is 9.37. The van der Waals surface area contributed by atoms with Crippen molar-refractivity contribution in [3.63, 3.8) is 0 Å². The standard InChI is InChI=1S/C19H22I3NO3/c1-3-4-6-15(7-5-10-25-19(24)13(2)8-9-23)26-18-16(21)11-14(20)12-17(18)22/h11-12,15H,2-8,10H2,1H3. The Morgan fingerprint density at radius 2 is 1.85 bits per heavy atom. The van der Waals surface area contributed by atoms with Crippen molar-refractivity contribution >= 4 is 73.7 Å². The molecule has 1 unspecified atom stereocenters. The molecule has 1 aromatic rings. The zero-order valence-electron chi connectivity index (χ0n) is 14.7. The fraction of sp³-hybridized carbons (Fsp3) is 0.474. The Morgan fingerprint density at radius 1 is 1.23 bits per heavy atom. The van der Waals surface area contributed by atoms with E-state index < -0.39 is 5.97 Å². The summed E-state index contributed by atoms with van der Waals surface area (Å²) in [5.41, 5.74) is 0.203. The second kappa shape index (κ2) is 13.1. The van der Waals surface area contributed by atoms with Crippen LogP contribution in [-0.2, 0) is 9.53 Å². The molecule has 26 heavy (non-hydrogen) atoms. The van der Waals surface area contributed by atoms with Crippen LogP contribution in [0.15, 0.2) is 24.3 Å². The molecule has 1 rings (SSSR count). The van der Waals surface area contributed by atoms with Crippen molar-refractivity contribution < 1.29 is 14.3 Å². The number of rotatable bonds is 11. The summed E-state index contributed by atoms with van der Waals surface area (Å²) >= 11 is 6.93. The van der Waals surface area contributed by atoms with Gasteiger partial charge in [-0.3, -0.25) is 0 Å². The van der Waals surface area contributed by atoms with E-state index in [2.05, 4.69) is 93.4 Å². The van der Waals surface area contributed by atoms with Gasteiger partial charge in [0.2, 0.25) is 0 Å². The minimum atomic E-state index is -0.487. The number of nitrogens with zero attached hydrogens (tertiary/aromatic N) is 1. The van der Waals surface area contributed by atoms with E-state index >= 15 is 0 Å². The molecular weight excluding hydrogens is 671 g/mol. The van der Waals surface area contributed by atoms with Crippen molar-refractivity contribution in [3.05, 3.63) is 35.0 Å². The van der Waals surface area contributed by atoms with E-state index in [1.165, 1.54) is 3.57 Å². The van der Waals surface area contributed by atoms with E-state index in [9.17, 15) is 4.79 Å². The lowest BCUT2D eigenvalue weighted by Gasteiger charge is -2.21. The van der Waals surface area contributed by atoms with E-state index in [0.29, 0.717) is 6.61 Å². The maximum absolute atomic E-state index is 11.7. The molecule has 0 saturated heterocycles. The highest BCUT2D eigenvalue weighted by Crippen LogP contribution is 2.31. The minimum Gasteiger partial charge on any atom is -0.488 e. The third kappa shape index (κ3) is 8.73. The highest BCUT2D eigenvalue weighted by Gasteiger charge is 2.16. The monoisotopic (exact) mass is 693 g/mol. The lowest BCUT2D eigenvalue weighted by molar-refractivity contribution is -0.139. The lowest BCUT2D eigenvalue weighted by atomic mass is 10.1. The smallest absolute Gasteiger partial charge is 0.334 e. The molecule has 0 spiro atoms. The fourth-order valence-corrected chi connectivity index (χ4v) is 6.08. The lowest BCUT2D eigenvalue weighted by Crippen LogP contribution is -2.19. The zero-order chi connectivity index (χ0) is 19.5. The van der Waals surface area contributed by atoms with Crippen LogP contribution in [-0.4, -0.2) is 18.7 Å². The molecule has 0 heterocycles. The minimum absolute atomic E-state index is 0.00471. The molecule has 4 nitrogen and oxygen atoms in total. The number of carbonyl (C=O) groups excluding carboxylic acids is 1. The molecule has 0 amide bonds. The summed E-state index contributed by atoms with van der Waals surface area (Å²) in [6, 6.07) is 6.12. The summed E-state index contributed by atoms with van der Waals surface area (Å²) in [6.45, 7) is 6.04. The van der Waals surface area contributed by atoms with Crippen molar-refractivity contribution in [3.8, 4) is 11.8 Å². The first-order valence-corrected chi connectivity index (χ1v) is 11.7. The molecule has 0 aliphatic rings. The van der Waals surface area contributed by atoms with Gasteiger partial charge in [-0.15, -0.1) is 0 Å². The van der Waals surface area contributed by atoms with E-state index in [0.717, 1.165) is 45.0 Å². The van der Waals surface area contributed by atoms with Gasteiger partial charge < -0.3 is 9.47 Å². The van der Waals surface area contributed by atoms with Crippen LogP contribution in [0.3, 0.4) is 0 Å². The maximum Gasteiger partial charge on any atom is 0.334 e. The Bertz CT molecular complexity index is 647. The van der Waals surface area contributed by atoms with Crippen molar-refractivity contribution in [2.45, 2.75) is 51.6 Å². The average molecular weight is 693 g/mol. The van der Waals surface area contributed by atoms with Crippen LogP contribution >= 0.6 is 67.8 Å². The third-order valence-electron chi connectivity index (χ3n) is 3.61. The topological polar surface area (TPSA) is 59.3 Å². The molecule has 0 aromatic heterocycles. The molecule has 0 radical (unpaired) electrons. The number of benzene rings is 1. The first-order chi connectivity index (χ1) is 12.4. The first kappa shape index (κ1) is 23.9. The first-order valence-electron chi connectivity index (χ1n) is 8.42. The Kier molecular flexibility index (Phi) is 12.1. The highest BCUT2D eigenvalue weighted by molar-refractivity contribution is 14.1. The fourth-order valence-electron chi connectivity index (χ4n) is 2.25. The van der Waals surface area contributed by atoms with Crippen molar-refractivity contribution in [2.75, 3.05) is 6.61 Å². The number of carbonyl (C=O) groups is 1. The van der Waals surface area contributed by atoms with Crippen LogP contribution in [0.5, 0.6) is 5.75 Å². The van der Waals surface area contributed by atoms with Gasteiger partial charge in [-0.1, -0.05) is 26.3 Å². The molecule has 0 saturated carbocycles. The largest absolute Gasteiger partial charge is 0.488 e. The van der Waals surface area contributed by atoms with Gasteiger partial charge in [0.25, 0.3) is 0 Å². The van der Waals surface area contributed by atoms with Gasteiger partial charge in [-0.2, -0.15) is 5.26 Å². The van der Waals surface area contributed by atoms with Crippen LogP contribution < -0.4 is 4.74 Å². The predicted molar refractivity (Wildman–Crippen MR) is 128 cm³/mol. The van der Waals surface area contributed by atoms with Crippen LogP contribution in [0.1, 0.15) is 45.4 Å². The number of hydrogen-bond donors (Lipinski definition) is 0. The molecule has 142 valence electrons. The molecule has 7 heteroatoms. The Morgan fingerprint density at radius 3 is 2.42 bits per heavy atom. The van der Waals surface area contributed by atoms with Crippen molar-refractivity contribution in [2.24, 2.45) is 0 Å². The second-order valence-electron chi connectivity index (χ2n) is 5.80. The molecule has 1 aromatic carbocycles. The molecule has 1 atom stereocenters. The summed E-state index contributed by atoms with van der Waals surface area (Å²) in [6.07, 6.45) is 4.82. The SMILES string of the molecule is C=C(CC#N)C(=O)OCCCC(CCCC)Oc1c(I)cc(I)cc1I. The van der Waals surface area contributed by atoms with Gasteiger partial charge >= 0.3 is 5.97 Å². The molecule has 0 aliphatic heterocycles. The van der Waals surface area contributed by atoms with E-state index in [1.54, 1.807) is 0 Å². The Hall–Kier alpha value is -0.0900. The van der Waals surface area contributed by atoms with E-state index in [4.69, 9.17) is 14.7 Å². The molecule has 0 fully saturated rings. The molecule has 0 bridgehead atoms. The predicted octanol–water partition coefficient (Wildman–Crippen LogP) is 6.23. The van der Waals surface area contributed by atoms with Crippen molar-refractivity contribution in [1.29, 1.82) is 5.26 Å². The summed E-state index contributed by atoms with van der Waals surface area (Å²) in [7, 11) is 0. The van der Waals surface area contributed by atoms with Crippen LogP contribution in [0.4, 0.5) is 0 Å². The van der Waals surface area contributed by atoms with E-state index in [1.807, 2.05) is 6.07 Å². The summed E-state index contributed by atoms with van der Waals surface area (Å²) < 4.78 is 14.9. The van der Waals surface area contributed by atoms with Gasteiger partial charge in [0.1, 0.15) is 5.75 Å². The highest BCUT2D eigenvalue weighted by atomic mass is 127. The number of unbranched alkanes of at least 4 members (excludes halogenated alkanes) is 1. The van der Waals surface area contributed by atoms with Gasteiger partial charge in [-0.25, -0.2) is 4.79 Å². The quantitative estimate of drug-likeness (QED) is 0.120. The zero-order valence-corrected chi connectivity index (χ0v) is 21.2.